The molecule has 0 spiro atoms. The Morgan fingerprint density at radius 2 is 2.09 bits per heavy atom. The van der Waals surface area contributed by atoms with Crippen LogP contribution >= 0.6 is 12.2 Å². The number of aliphatic hydroxyl groups is 2. The van der Waals surface area contributed by atoms with Crippen molar-refractivity contribution >= 4 is 12.2 Å². The fourth-order valence-corrected chi connectivity index (χ4v) is 3.00. The molecule has 0 unspecified atom stereocenters. The maximum Gasteiger partial charge on any atom is 0.255 e. The first-order valence-electron chi connectivity index (χ1n) is 7.41. The Balaban J connectivity index is 1.92. The molecule has 122 valence electrons. The number of ether oxygens (including phenoxy) is 1. The summed E-state index contributed by atoms with van der Waals surface area (Å²) in [5.41, 5.74) is 1.35. The average molecular weight is 334 g/mol. The van der Waals surface area contributed by atoms with Gasteiger partial charge in [-0.2, -0.15) is 0 Å². The Morgan fingerprint density at radius 3 is 2.74 bits per heavy atom. The van der Waals surface area contributed by atoms with E-state index in [2.05, 4.69) is 4.98 Å². The van der Waals surface area contributed by atoms with Crippen molar-refractivity contribution in [2.45, 2.75) is 31.3 Å². The van der Waals surface area contributed by atoms with Crippen LogP contribution in [-0.4, -0.2) is 38.6 Å². The fraction of sp³-hybridized carbons (Fsp3) is 0.375. The summed E-state index contributed by atoms with van der Waals surface area (Å²) in [5.74, 6) is 0. The van der Waals surface area contributed by atoms with E-state index in [9.17, 15) is 15.0 Å². The molecule has 3 rings (SSSR count). The number of nitrogens with one attached hydrogen (secondary N) is 1. The molecule has 0 radical (unpaired) electrons. The molecule has 7 heteroatoms. The Bertz CT molecular complexity index is 787. The minimum atomic E-state index is -0.753. The molecule has 6 nitrogen and oxygen atoms in total. The summed E-state index contributed by atoms with van der Waals surface area (Å²) < 4.78 is 7.48. The van der Waals surface area contributed by atoms with Crippen LogP contribution in [0.4, 0.5) is 0 Å². The van der Waals surface area contributed by atoms with Gasteiger partial charge in [-0.3, -0.25) is 14.3 Å². The van der Waals surface area contributed by atoms with Gasteiger partial charge in [0.2, 0.25) is 0 Å². The lowest BCUT2D eigenvalue weighted by atomic mass is 10.1. The minimum absolute atomic E-state index is 0.229. The van der Waals surface area contributed by atoms with Gasteiger partial charge in [-0.1, -0.05) is 30.3 Å². The molecule has 3 atom stereocenters. The van der Waals surface area contributed by atoms with Gasteiger partial charge in [0.05, 0.1) is 12.7 Å². The molecule has 1 aliphatic rings. The molecule has 1 aromatic carbocycles. The number of hydrogen-bond acceptors (Lipinski definition) is 5. The number of rotatable bonds is 4. The first kappa shape index (κ1) is 16.1. The Kier molecular flexibility index (Phi) is 4.72. The maximum atomic E-state index is 12.1. The van der Waals surface area contributed by atoms with Crippen LogP contribution in [0.2, 0.25) is 0 Å². The summed E-state index contributed by atoms with van der Waals surface area (Å²) in [6.45, 7) is -0.259. The summed E-state index contributed by atoms with van der Waals surface area (Å²) in [5, 5.41) is 19.1. The van der Waals surface area contributed by atoms with Crippen LogP contribution in [0.5, 0.6) is 0 Å². The summed E-state index contributed by atoms with van der Waals surface area (Å²) >= 11 is 5.20. The smallest absolute Gasteiger partial charge is 0.255 e. The number of aliphatic hydroxyl groups excluding tert-OH is 2. The largest absolute Gasteiger partial charge is 0.394 e. The second kappa shape index (κ2) is 6.76. The summed E-state index contributed by atoms with van der Waals surface area (Å²) in [6.07, 6.45) is 0.579. The monoisotopic (exact) mass is 334 g/mol. The molecule has 1 fully saturated rings. The molecule has 23 heavy (non-hydrogen) atoms. The molecule has 1 aromatic heterocycles. The van der Waals surface area contributed by atoms with E-state index < -0.39 is 18.4 Å². The van der Waals surface area contributed by atoms with Gasteiger partial charge in [-0.25, -0.2) is 0 Å². The number of benzene rings is 1. The summed E-state index contributed by atoms with van der Waals surface area (Å²) in [4.78, 5) is 14.8. The normalized spacial score (nSPS) is 24.0. The maximum absolute atomic E-state index is 12.1. The van der Waals surface area contributed by atoms with Crippen LogP contribution in [-0.2, 0) is 11.2 Å². The second-order valence-electron chi connectivity index (χ2n) is 5.60. The van der Waals surface area contributed by atoms with E-state index in [1.54, 1.807) is 10.8 Å². The molecular formula is C16H18N2O4S. The third-order valence-electron chi connectivity index (χ3n) is 3.97. The first-order chi connectivity index (χ1) is 11.1. The van der Waals surface area contributed by atoms with Gasteiger partial charge >= 0.3 is 0 Å². The zero-order chi connectivity index (χ0) is 16.4. The standard InChI is InChI=1S/C16H18N2O4S/c19-9-13-12(20)7-14(22-13)18-8-11(15(21)17-16(18)23)6-10-4-2-1-3-5-10/h1-5,8,12-14,19-20H,6-7,9H2,(H,17,21,23)/t12-,13+,14+/m0/s1. The third kappa shape index (κ3) is 3.42. The molecule has 1 saturated heterocycles. The highest BCUT2D eigenvalue weighted by Crippen LogP contribution is 2.28. The Hall–Kier alpha value is -1.80. The lowest BCUT2D eigenvalue weighted by Crippen LogP contribution is -2.24. The van der Waals surface area contributed by atoms with E-state index in [1.165, 1.54) is 0 Å². The van der Waals surface area contributed by atoms with E-state index in [0.717, 1.165) is 5.56 Å². The first-order valence-corrected chi connectivity index (χ1v) is 7.82. The predicted molar refractivity (Wildman–Crippen MR) is 86.8 cm³/mol. The van der Waals surface area contributed by atoms with Crippen LogP contribution in [0.25, 0.3) is 0 Å². The quantitative estimate of drug-likeness (QED) is 0.730. The molecule has 2 heterocycles. The average Bonchev–Trinajstić information content (AvgIpc) is 2.91. The zero-order valence-corrected chi connectivity index (χ0v) is 13.2. The van der Waals surface area contributed by atoms with Gasteiger partial charge < -0.3 is 14.9 Å². The van der Waals surface area contributed by atoms with Gasteiger partial charge in [0.25, 0.3) is 5.56 Å². The van der Waals surface area contributed by atoms with Gasteiger partial charge in [0.1, 0.15) is 12.3 Å². The lowest BCUT2D eigenvalue weighted by molar-refractivity contribution is -0.0453. The predicted octanol–water partition coefficient (Wildman–Crippen LogP) is 1.14. The van der Waals surface area contributed by atoms with Crippen molar-refractivity contribution in [1.29, 1.82) is 0 Å². The van der Waals surface area contributed by atoms with Crippen molar-refractivity contribution in [2.24, 2.45) is 0 Å². The Morgan fingerprint density at radius 1 is 1.35 bits per heavy atom. The highest BCUT2D eigenvalue weighted by Gasteiger charge is 2.34. The molecule has 3 N–H and O–H groups in total. The van der Waals surface area contributed by atoms with Crippen LogP contribution in [0, 0.1) is 4.77 Å². The lowest BCUT2D eigenvalue weighted by Gasteiger charge is -2.16. The number of aromatic amines is 1. The van der Waals surface area contributed by atoms with E-state index >= 15 is 0 Å². The zero-order valence-electron chi connectivity index (χ0n) is 12.4. The highest BCUT2D eigenvalue weighted by atomic mass is 32.1. The van der Waals surface area contributed by atoms with Crippen LogP contribution < -0.4 is 5.56 Å². The van der Waals surface area contributed by atoms with E-state index in [-0.39, 0.29) is 16.9 Å². The molecule has 1 aliphatic heterocycles. The van der Waals surface area contributed by atoms with Gasteiger partial charge in [0.15, 0.2) is 4.77 Å². The SMILES string of the molecule is O=c1[nH]c(=S)n([C@H]2C[C@H](O)[C@@H](CO)O2)cc1Cc1ccccc1. The Labute approximate surface area is 138 Å². The van der Waals surface area contributed by atoms with Gasteiger partial charge in [-0.05, 0) is 17.8 Å². The number of H-pyrrole nitrogens is 1. The number of hydrogen-bond donors (Lipinski definition) is 3. The molecule has 0 aliphatic carbocycles. The van der Waals surface area contributed by atoms with Crippen molar-refractivity contribution in [1.82, 2.24) is 9.55 Å². The van der Waals surface area contributed by atoms with Crippen molar-refractivity contribution < 1.29 is 14.9 Å². The van der Waals surface area contributed by atoms with E-state index in [1.807, 2.05) is 30.3 Å². The molecule has 2 aromatic rings. The van der Waals surface area contributed by atoms with E-state index in [4.69, 9.17) is 17.0 Å². The molecular weight excluding hydrogens is 316 g/mol. The van der Waals surface area contributed by atoms with Crippen molar-refractivity contribution in [2.75, 3.05) is 6.61 Å². The van der Waals surface area contributed by atoms with Crippen molar-refractivity contribution in [3.05, 3.63) is 62.8 Å². The fourth-order valence-electron chi connectivity index (χ4n) is 2.73. The third-order valence-corrected chi connectivity index (χ3v) is 4.29. The summed E-state index contributed by atoms with van der Waals surface area (Å²) in [6, 6.07) is 9.65. The van der Waals surface area contributed by atoms with Gasteiger partial charge in [0, 0.05) is 24.6 Å². The second-order valence-corrected chi connectivity index (χ2v) is 5.98. The summed E-state index contributed by atoms with van der Waals surface area (Å²) in [7, 11) is 0. The molecule has 0 saturated carbocycles. The van der Waals surface area contributed by atoms with Gasteiger partial charge in [-0.15, -0.1) is 0 Å². The topological polar surface area (TPSA) is 87.5 Å². The van der Waals surface area contributed by atoms with Crippen molar-refractivity contribution in [3.63, 3.8) is 0 Å². The number of aromatic nitrogens is 2. The van der Waals surface area contributed by atoms with Crippen LogP contribution in [0.15, 0.2) is 41.3 Å². The molecule has 0 amide bonds. The highest BCUT2D eigenvalue weighted by molar-refractivity contribution is 7.71. The van der Waals surface area contributed by atoms with Crippen LogP contribution in [0.3, 0.4) is 0 Å². The van der Waals surface area contributed by atoms with E-state index in [0.29, 0.717) is 18.4 Å². The molecule has 0 bridgehead atoms. The van der Waals surface area contributed by atoms with Crippen molar-refractivity contribution in [3.8, 4) is 0 Å². The minimum Gasteiger partial charge on any atom is -0.394 e. The number of nitrogens with zero attached hydrogens (tertiary/aromatic N) is 1. The van der Waals surface area contributed by atoms with Crippen LogP contribution in [0.1, 0.15) is 23.8 Å².